The van der Waals surface area contributed by atoms with Crippen LogP contribution in [-0.4, -0.2) is 41.5 Å². The van der Waals surface area contributed by atoms with Crippen LogP contribution in [0.25, 0.3) is 10.9 Å². The van der Waals surface area contributed by atoms with Crippen molar-refractivity contribution in [1.82, 2.24) is 9.88 Å². The largest absolute Gasteiger partial charge is 0.511 e. The fourth-order valence-electron chi connectivity index (χ4n) is 4.73. The molecule has 2 aromatic rings. The molecule has 2 saturated heterocycles. The lowest BCUT2D eigenvalue weighted by Gasteiger charge is -2.24. The van der Waals surface area contributed by atoms with Gasteiger partial charge in [-0.1, -0.05) is 11.6 Å². The maximum Gasteiger partial charge on any atom is 0.511 e. The number of benzene rings is 1. The van der Waals surface area contributed by atoms with E-state index in [0.717, 1.165) is 32.2 Å². The number of fused-ring (bicyclic) bond motifs is 2. The van der Waals surface area contributed by atoms with Crippen LogP contribution in [0.15, 0.2) is 17.1 Å². The first-order valence-corrected chi connectivity index (χ1v) is 10.3. The van der Waals surface area contributed by atoms with Gasteiger partial charge in [0.15, 0.2) is 5.75 Å². The van der Waals surface area contributed by atoms with Crippen molar-refractivity contribution < 1.29 is 19.0 Å². The molecule has 0 spiro atoms. The Hall–Kier alpha value is -2.03. The Labute approximate surface area is 183 Å². The van der Waals surface area contributed by atoms with Crippen molar-refractivity contribution in [3.05, 3.63) is 33.3 Å². The predicted molar refractivity (Wildman–Crippen MR) is 114 cm³/mol. The van der Waals surface area contributed by atoms with E-state index in [1.165, 1.54) is 12.3 Å². The Balaban J connectivity index is 0.00000218. The summed E-state index contributed by atoms with van der Waals surface area (Å²) in [6.07, 6.45) is 3.77. The smallest absolute Gasteiger partial charge is 0.449 e. The number of hydrogen-bond donors (Lipinski definition) is 2. The van der Waals surface area contributed by atoms with Gasteiger partial charge in [-0.2, -0.15) is 0 Å². The van der Waals surface area contributed by atoms with Crippen molar-refractivity contribution in [1.29, 1.82) is 0 Å². The monoisotopic (exact) mass is 457 g/mol. The highest BCUT2D eigenvalue weighted by Gasteiger charge is 2.37. The Bertz CT molecular complexity index is 1060. The minimum atomic E-state index is -1.58. The third-order valence-corrected chi connectivity index (χ3v) is 6.56. The summed E-state index contributed by atoms with van der Waals surface area (Å²) in [7, 11) is 0. The van der Waals surface area contributed by atoms with Crippen LogP contribution in [0, 0.1) is 11.7 Å². The van der Waals surface area contributed by atoms with Gasteiger partial charge in [0.25, 0.3) is 0 Å². The molecule has 7 nitrogen and oxygen atoms in total. The van der Waals surface area contributed by atoms with E-state index in [2.05, 4.69) is 10.1 Å². The lowest BCUT2D eigenvalue weighted by atomic mass is 9.94. The van der Waals surface area contributed by atoms with Gasteiger partial charge >= 0.3 is 6.16 Å². The summed E-state index contributed by atoms with van der Waals surface area (Å²) in [5.41, 5.74) is 0.0793. The standard InChI is InChI=1S/C20H21ClFN3O4.ClH/c21-16-17-12(19(26)15(29-20(27)28)9-25(17)11-3-4-11)6-13(22)18(16)24-7-10-2-1-5-23-14(10)8-24;/h6,9-11,14,23H,1-5,7-8H2,(H,27,28);1H/t10-,14+;/m0./s1. The number of anilines is 1. The van der Waals surface area contributed by atoms with Gasteiger partial charge in [-0.15, -0.1) is 12.4 Å². The number of pyridine rings is 1. The molecule has 10 heteroatoms. The topological polar surface area (TPSA) is 83.8 Å². The van der Waals surface area contributed by atoms with E-state index < -0.39 is 17.4 Å². The fourth-order valence-corrected chi connectivity index (χ4v) is 5.14. The zero-order chi connectivity index (χ0) is 20.3. The number of carboxylic acid groups (broad SMARTS) is 1. The fraction of sp³-hybridized carbons (Fsp3) is 0.500. The number of rotatable bonds is 3. The van der Waals surface area contributed by atoms with Crippen LogP contribution in [0.5, 0.6) is 5.75 Å². The summed E-state index contributed by atoms with van der Waals surface area (Å²) in [5, 5.41) is 12.7. The zero-order valence-electron chi connectivity index (χ0n) is 16.1. The summed E-state index contributed by atoms with van der Waals surface area (Å²) in [5.74, 6) is -0.462. The molecule has 3 fully saturated rings. The van der Waals surface area contributed by atoms with Crippen LogP contribution < -0.4 is 20.4 Å². The van der Waals surface area contributed by atoms with Crippen LogP contribution in [-0.2, 0) is 0 Å². The average Bonchev–Trinajstić information content (AvgIpc) is 3.43. The lowest BCUT2D eigenvalue weighted by Crippen LogP contribution is -2.40. The van der Waals surface area contributed by atoms with E-state index in [9.17, 15) is 9.59 Å². The van der Waals surface area contributed by atoms with Crippen LogP contribution in [0.2, 0.25) is 5.02 Å². The number of piperidine rings is 1. The summed E-state index contributed by atoms with van der Waals surface area (Å²) >= 11 is 6.71. The summed E-state index contributed by atoms with van der Waals surface area (Å²) in [6.45, 7) is 2.35. The van der Waals surface area contributed by atoms with Gasteiger partial charge in [-0.05, 0) is 44.2 Å². The van der Waals surface area contributed by atoms with E-state index in [1.54, 1.807) is 4.57 Å². The average molecular weight is 458 g/mol. The number of nitrogens with zero attached hydrogens (tertiary/aromatic N) is 2. The first-order chi connectivity index (χ1) is 13.9. The SMILES string of the molecule is Cl.O=C(O)Oc1cn(C2CC2)c2c(Cl)c(N3C[C@@H]4CCCN[C@@H]4C3)c(F)cc2c1=O. The molecule has 0 unspecified atom stereocenters. The second-order valence-electron chi connectivity index (χ2n) is 8.11. The van der Waals surface area contributed by atoms with E-state index in [1.807, 2.05) is 4.90 Å². The van der Waals surface area contributed by atoms with Crippen LogP contribution in [0.3, 0.4) is 0 Å². The van der Waals surface area contributed by atoms with E-state index in [0.29, 0.717) is 36.3 Å². The minimum Gasteiger partial charge on any atom is -0.449 e. The van der Waals surface area contributed by atoms with Gasteiger partial charge in [0.2, 0.25) is 5.43 Å². The number of halogens is 3. The van der Waals surface area contributed by atoms with E-state index in [-0.39, 0.29) is 34.6 Å². The van der Waals surface area contributed by atoms with Gasteiger partial charge in [-0.25, -0.2) is 9.18 Å². The first-order valence-electron chi connectivity index (χ1n) is 9.90. The molecule has 2 atom stereocenters. The summed E-state index contributed by atoms with van der Waals surface area (Å²) in [6, 6.07) is 1.57. The number of aromatic nitrogens is 1. The molecule has 30 heavy (non-hydrogen) atoms. The van der Waals surface area contributed by atoms with Crippen molar-refractivity contribution in [3.8, 4) is 5.75 Å². The van der Waals surface area contributed by atoms with Gasteiger partial charge in [0.1, 0.15) is 5.82 Å². The minimum absolute atomic E-state index is 0. The molecule has 5 rings (SSSR count). The van der Waals surface area contributed by atoms with Gasteiger partial charge in [0.05, 0.1) is 27.8 Å². The Morgan fingerprint density at radius 3 is 2.73 bits per heavy atom. The molecule has 0 radical (unpaired) electrons. The van der Waals surface area contributed by atoms with Crippen molar-refractivity contribution in [2.24, 2.45) is 5.92 Å². The maximum absolute atomic E-state index is 15.2. The van der Waals surface area contributed by atoms with Gasteiger partial charge in [0, 0.05) is 25.2 Å². The first kappa shape index (κ1) is 21.2. The zero-order valence-corrected chi connectivity index (χ0v) is 17.6. The third kappa shape index (κ3) is 3.50. The second-order valence-corrected chi connectivity index (χ2v) is 8.49. The Morgan fingerprint density at radius 2 is 2.07 bits per heavy atom. The van der Waals surface area contributed by atoms with E-state index in [4.69, 9.17) is 16.7 Å². The van der Waals surface area contributed by atoms with Crippen molar-refractivity contribution >= 4 is 46.8 Å². The quantitative estimate of drug-likeness (QED) is 0.681. The van der Waals surface area contributed by atoms with Crippen molar-refractivity contribution in [2.75, 3.05) is 24.5 Å². The number of hydrogen-bond acceptors (Lipinski definition) is 5. The molecule has 1 aromatic heterocycles. The lowest BCUT2D eigenvalue weighted by molar-refractivity contribution is 0.143. The third-order valence-electron chi connectivity index (χ3n) is 6.20. The molecular formula is C20H22Cl2FN3O4. The highest BCUT2D eigenvalue weighted by atomic mass is 35.5. The molecule has 3 aliphatic rings. The maximum atomic E-state index is 15.2. The molecule has 0 amide bonds. The van der Waals surface area contributed by atoms with Crippen molar-refractivity contribution in [2.45, 2.75) is 37.8 Å². The van der Waals surface area contributed by atoms with Crippen LogP contribution >= 0.6 is 24.0 Å². The predicted octanol–water partition coefficient (Wildman–Crippen LogP) is 3.80. The molecule has 162 valence electrons. The van der Waals surface area contributed by atoms with Crippen LogP contribution in [0.4, 0.5) is 14.9 Å². The molecule has 2 N–H and O–H groups in total. The molecule has 0 bridgehead atoms. The van der Waals surface area contributed by atoms with E-state index >= 15 is 4.39 Å². The highest BCUT2D eigenvalue weighted by Crippen LogP contribution is 2.43. The number of carbonyl (C=O) groups is 1. The van der Waals surface area contributed by atoms with Crippen LogP contribution in [0.1, 0.15) is 31.7 Å². The molecule has 1 saturated carbocycles. The highest BCUT2D eigenvalue weighted by molar-refractivity contribution is 6.38. The molecule has 2 aliphatic heterocycles. The van der Waals surface area contributed by atoms with Crippen molar-refractivity contribution in [3.63, 3.8) is 0 Å². The molecule has 1 aromatic carbocycles. The Kier molecular flexibility index (Phi) is 5.59. The number of nitrogens with one attached hydrogen (secondary N) is 1. The normalized spacial score (nSPS) is 23.2. The van der Waals surface area contributed by atoms with Gasteiger partial charge in [-0.3, -0.25) is 4.79 Å². The molecular weight excluding hydrogens is 436 g/mol. The Morgan fingerprint density at radius 1 is 1.30 bits per heavy atom. The molecule has 3 heterocycles. The molecule has 1 aliphatic carbocycles. The number of ether oxygens (including phenoxy) is 1. The van der Waals surface area contributed by atoms with Gasteiger partial charge < -0.3 is 24.6 Å². The second kappa shape index (κ2) is 7.90. The summed E-state index contributed by atoms with van der Waals surface area (Å²) in [4.78, 5) is 25.7. The summed E-state index contributed by atoms with van der Waals surface area (Å²) < 4.78 is 21.6.